The first-order valence-electron chi connectivity index (χ1n) is 18.4. The van der Waals surface area contributed by atoms with E-state index < -0.39 is 109 Å². The first-order valence-corrected chi connectivity index (χ1v) is 18.4. The molecule has 3 aromatic rings. The van der Waals surface area contributed by atoms with E-state index in [1.807, 2.05) is 0 Å². The summed E-state index contributed by atoms with van der Waals surface area (Å²) in [7, 11) is 0. The molecule has 314 valence electrons. The van der Waals surface area contributed by atoms with Gasteiger partial charge in [-0.05, 0) is 24.3 Å². The molecule has 3 saturated heterocycles. The van der Waals surface area contributed by atoms with Crippen LogP contribution in [0.25, 0.3) is 0 Å². The lowest BCUT2D eigenvalue weighted by Crippen LogP contribution is -2.68. The summed E-state index contributed by atoms with van der Waals surface area (Å²) in [4.78, 5) is 74.2. The second-order valence-corrected chi connectivity index (χ2v) is 13.5. The first-order chi connectivity index (χ1) is 28.3. The predicted octanol–water partition coefficient (Wildman–Crippen LogP) is 3.51. The van der Waals surface area contributed by atoms with Crippen LogP contribution in [-0.4, -0.2) is 109 Å². The van der Waals surface area contributed by atoms with E-state index >= 15 is 0 Å². The minimum Gasteiger partial charge on any atom is -0.463 e. The number of ether oxygens (including phenoxy) is 11. The molecule has 3 aliphatic rings. The van der Waals surface area contributed by atoms with Gasteiger partial charge in [-0.15, -0.1) is 0 Å². The van der Waals surface area contributed by atoms with Crippen molar-refractivity contribution >= 4 is 35.5 Å². The molecule has 0 radical (unpaired) electrons. The molecule has 19 heteroatoms. The lowest BCUT2D eigenvalue weighted by molar-refractivity contribution is -0.385. The van der Waals surface area contributed by atoms with Crippen LogP contribution in [0.15, 0.2) is 84.9 Å². The Kier molecular flexibility index (Phi) is 13.8. The maximum atomic E-state index is 13.9. The van der Waals surface area contributed by atoms with Gasteiger partial charge in [0.1, 0.15) is 36.8 Å². The number of benzene rings is 3. The molecular weight excluding hydrogens is 782 g/mol. The minimum absolute atomic E-state index is 0.0747. The van der Waals surface area contributed by atoms with E-state index in [2.05, 4.69) is 0 Å². The molecule has 11 unspecified atom stereocenters. The van der Waals surface area contributed by atoms with Gasteiger partial charge in [0.25, 0.3) is 5.69 Å². The van der Waals surface area contributed by atoms with Gasteiger partial charge in [0, 0.05) is 45.4 Å². The van der Waals surface area contributed by atoms with Crippen molar-refractivity contribution in [2.45, 2.75) is 95.4 Å². The number of hydrogen-bond donors (Lipinski definition) is 0. The highest BCUT2D eigenvalue weighted by Gasteiger charge is 2.58. The lowest BCUT2D eigenvalue weighted by Gasteiger charge is -2.50. The van der Waals surface area contributed by atoms with Crippen molar-refractivity contribution in [3.8, 4) is 5.75 Å². The summed E-state index contributed by atoms with van der Waals surface area (Å²) in [5.41, 5.74) is 0.517. The normalized spacial score (nSPS) is 28.8. The summed E-state index contributed by atoms with van der Waals surface area (Å²) in [6, 6.07) is 21.9. The highest BCUT2D eigenvalue weighted by Crippen LogP contribution is 2.40. The van der Waals surface area contributed by atoms with Crippen LogP contribution < -0.4 is 4.74 Å². The molecule has 59 heavy (non-hydrogen) atoms. The summed E-state index contributed by atoms with van der Waals surface area (Å²) in [6.07, 6.45) is -15.6. The van der Waals surface area contributed by atoms with E-state index in [1.54, 1.807) is 48.5 Å². The zero-order chi connectivity index (χ0) is 42.2. The minimum atomic E-state index is -1.75. The zero-order valence-electron chi connectivity index (χ0n) is 32.1. The van der Waals surface area contributed by atoms with Crippen LogP contribution in [0.1, 0.15) is 49.9 Å². The summed E-state index contributed by atoms with van der Waals surface area (Å²) < 4.78 is 66.2. The molecule has 0 bridgehead atoms. The van der Waals surface area contributed by atoms with Crippen molar-refractivity contribution in [2.75, 3.05) is 13.2 Å². The molecule has 3 fully saturated rings. The van der Waals surface area contributed by atoms with Crippen molar-refractivity contribution in [3.63, 3.8) is 0 Å². The Labute approximate surface area is 336 Å². The third-order valence-electron chi connectivity index (χ3n) is 9.15. The third-order valence-corrected chi connectivity index (χ3v) is 9.15. The number of nitrogens with zero attached hydrogens (tertiary/aromatic N) is 1. The van der Waals surface area contributed by atoms with Crippen LogP contribution in [-0.2, 0) is 66.5 Å². The van der Waals surface area contributed by atoms with Crippen molar-refractivity contribution in [2.24, 2.45) is 0 Å². The van der Waals surface area contributed by atoms with E-state index in [9.17, 15) is 34.1 Å². The highest BCUT2D eigenvalue weighted by molar-refractivity contribution is 5.89. The van der Waals surface area contributed by atoms with Crippen LogP contribution in [0.2, 0.25) is 0 Å². The quantitative estimate of drug-likeness (QED) is 0.104. The van der Waals surface area contributed by atoms with Crippen molar-refractivity contribution in [3.05, 3.63) is 106 Å². The van der Waals surface area contributed by atoms with E-state index in [0.717, 1.165) is 27.7 Å². The van der Waals surface area contributed by atoms with Crippen molar-refractivity contribution in [1.29, 1.82) is 0 Å². The molecule has 0 aromatic heterocycles. The van der Waals surface area contributed by atoms with Gasteiger partial charge in [-0.3, -0.25) is 29.3 Å². The number of esters is 5. The average molecular weight is 824 g/mol. The summed E-state index contributed by atoms with van der Waals surface area (Å²) >= 11 is 0. The van der Waals surface area contributed by atoms with Gasteiger partial charge in [-0.1, -0.05) is 48.5 Å². The highest BCUT2D eigenvalue weighted by atomic mass is 16.8. The molecule has 0 amide bonds. The standard InChI is InChI=1S/C40H41NO18/c1-21(42)49-19-29-31(51-22(2)43)33(52-23(3)44)35(53-24(4)45)40(56-29)59-34-32-30(20-50-38(58-32)26-13-9-6-10-14-26)55-39(54-28-17-15-27(16-18-28)41(47)48)36(34)57-37(46)25-11-7-5-8-12-25/h5-18,29-36,38-40H,19-20H2,1-4H3. The van der Waals surface area contributed by atoms with Crippen LogP contribution in [0.3, 0.4) is 0 Å². The third kappa shape index (κ3) is 10.7. The molecule has 3 aromatic carbocycles. The molecule has 0 aliphatic carbocycles. The Morgan fingerprint density at radius 3 is 1.86 bits per heavy atom. The van der Waals surface area contributed by atoms with E-state index in [1.165, 1.54) is 36.4 Å². The van der Waals surface area contributed by atoms with Crippen LogP contribution in [0.4, 0.5) is 5.69 Å². The van der Waals surface area contributed by atoms with Gasteiger partial charge in [0.2, 0.25) is 6.29 Å². The fourth-order valence-corrected chi connectivity index (χ4v) is 6.70. The van der Waals surface area contributed by atoms with Crippen molar-refractivity contribution < 1.29 is 81.0 Å². The molecule has 6 rings (SSSR count). The Hall–Kier alpha value is -5.99. The Morgan fingerprint density at radius 2 is 1.25 bits per heavy atom. The number of rotatable bonds is 13. The van der Waals surface area contributed by atoms with Gasteiger partial charge >= 0.3 is 29.8 Å². The number of nitro benzene ring substituents is 1. The molecule has 11 atom stereocenters. The number of hydrogen-bond acceptors (Lipinski definition) is 18. The van der Waals surface area contributed by atoms with Gasteiger partial charge in [0.15, 0.2) is 37.0 Å². The number of nitro groups is 1. The predicted molar refractivity (Wildman–Crippen MR) is 195 cm³/mol. The molecular formula is C40H41NO18. The Balaban J connectivity index is 1.45. The largest absolute Gasteiger partial charge is 0.463 e. The molecule has 0 spiro atoms. The molecule has 0 saturated carbocycles. The summed E-state index contributed by atoms with van der Waals surface area (Å²) in [5, 5.41) is 11.4. The van der Waals surface area contributed by atoms with Crippen molar-refractivity contribution in [1.82, 2.24) is 0 Å². The summed E-state index contributed by atoms with van der Waals surface area (Å²) in [6.45, 7) is 3.69. The van der Waals surface area contributed by atoms with Crippen LogP contribution >= 0.6 is 0 Å². The van der Waals surface area contributed by atoms with Gasteiger partial charge in [0.05, 0.1) is 17.1 Å². The maximum Gasteiger partial charge on any atom is 0.338 e. The Morgan fingerprint density at radius 1 is 0.661 bits per heavy atom. The first kappa shape index (κ1) is 42.6. The topological polar surface area (TPSA) is 230 Å². The van der Waals surface area contributed by atoms with E-state index in [4.69, 9.17) is 52.1 Å². The second-order valence-electron chi connectivity index (χ2n) is 13.5. The molecule has 19 nitrogen and oxygen atoms in total. The average Bonchev–Trinajstić information content (AvgIpc) is 3.20. The smallest absolute Gasteiger partial charge is 0.338 e. The SMILES string of the molecule is CC(=O)OCC1OC(OC2C3OC(c4ccccc4)OCC3OC(Oc3ccc([N+](=O)[O-])cc3)C2OC(=O)c2ccccc2)C(OC(C)=O)C(OC(C)=O)C1OC(C)=O. The van der Waals surface area contributed by atoms with Crippen LogP contribution in [0, 0.1) is 10.1 Å². The van der Waals surface area contributed by atoms with E-state index in [0.29, 0.717) is 5.56 Å². The van der Waals surface area contributed by atoms with Gasteiger partial charge < -0.3 is 52.1 Å². The summed E-state index contributed by atoms with van der Waals surface area (Å²) in [5.74, 6) is -4.09. The maximum absolute atomic E-state index is 13.9. The van der Waals surface area contributed by atoms with Crippen LogP contribution in [0.5, 0.6) is 5.75 Å². The van der Waals surface area contributed by atoms with Gasteiger partial charge in [-0.25, -0.2) is 4.79 Å². The molecule has 3 aliphatic heterocycles. The molecule has 3 heterocycles. The zero-order valence-corrected chi connectivity index (χ0v) is 32.1. The monoisotopic (exact) mass is 823 g/mol. The second kappa shape index (κ2) is 19.2. The number of carbonyl (C=O) groups excluding carboxylic acids is 5. The number of non-ortho nitro benzene ring substituents is 1. The Bertz CT molecular complexity index is 1960. The fraction of sp³-hybridized carbons (Fsp3) is 0.425. The number of carbonyl (C=O) groups is 5. The number of fused-ring (bicyclic) bond motifs is 1. The van der Waals surface area contributed by atoms with Gasteiger partial charge in [-0.2, -0.15) is 0 Å². The van der Waals surface area contributed by atoms with E-state index in [-0.39, 0.29) is 23.6 Å². The lowest BCUT2D eigenvalue weighted by atomic mass is 9.95. The fourth-order valence-electron chi connectivity index (χ4n) is 6.70. The molecule has 0 N–H and O–H groups in total.